The second-order valence-electron chi connectivity index (χ2n) is 8.27. The Kier molecular flexibility index (Phi) is 5.44. The van der Waals surface area contributed by atoms with E-state index in [9.17, 15) is 4.79 Å². The molecule has 2 aromatic carbocycles. The van der Waals surface area contributed by atoms with Gasteiger partial charge >= 0.3 is 0 Å². The number of amides is 1. The summed E-state index contributed by atoms with van der Waals surface area (Å²) < 4.78 is 9.05. The summed E-state index contributed by atoms with van der Waals surface area (Å²) in [6.07, 6.45) is 6.13. The molecule has 1 amide bonds. The van der Waals surface area contributed by atoms with E-state index in [4.69, 9.17) is 4.74 Å². The molecule has 1 fully saturated rings. The molecule has 1 saturated heterocycles. The fourth-order valence-corrected chi connectivity index (χ4v) is 5.30. The van der Waals surface area contributed by atoms with E-state index < -0.39 is 5.54 Å². The topological polar surface area (TPSA) is 47.4 Å². The molecule has 2 aliphatic rings. The van der Waals surface area contributed by atoms with Crippen LogP contribution in [0.1, 0.15) is 37.3 Å². The highest BCUT2D eigenvalue weighted by Gasteiger charge is 2.45. The molecule has 2 atom stereocenters. The molecule has 1 aromatic heterocycles. The van der Waals surface area contributed by atoms with E-state index in [0.29, 0.717) is 32.5 Å². The number of nitrogens with zero attached hydrogens (tertiary/aromatic N) is 3. The molecule has 0 aliphatic carbocycles. The van der Waals surface area contributed by atoms with Crippen LogP contribution in [-0.4, -0.2) is 46.2 Å². The molecule has 2 aliphatic heterocycles. The Bertz CT molecular complexity index is 1090. The molecular formula is C25H26BrN3O2. The van der Waals surface area contributed by atoms with Gasteiger partial charge in [0.1, 0.15) is 5.82 Å². The first-order chi connectivity index (χ1) is 15.1. The van der Waals surface area contributed by atoms with Crippen molar-refractivity contribution >= 4 is 21.8 Å². The highest BCUT2D eigenvalue weighted by molar-refractivity contribution is 9.10. The third kappa shape index (κ3) is 3.42. The number of halogens is 1. The fourth-order valence-electron chi connectivity index (χ4n) is 5.04. The van der Waals surface area contributed by atoms with Gasteiger partial charge in [0, 0.05) is 41.9 Å². The van der Waals surface area contributed by atoms with Gasteiger partial charge in [-0.25, -0.2) is 4.98 Å². The van der Waals surface area contributed by atoms with Crippen molar-refractivity contribution in [3.05, 3.63) is 76.5 Å². The van der Waals surface area contributed by atoms with Crippen LogP contribution >= 0.6 is 15.9 Å². The molecule has 6 heteroatoms. The number of aromatic nitrogens is 2. The largest absolute Gasteiger partial charge is 0.375 e. The molecule has 0 saturated carbocycles. The zero-order valence-corrected chi connectivity index (χ0v) is 19.2. The van der Waals surface area contributed by atoms with Gasteiger partial charge in [-0.1, -0.05) is 59.3 Å². The van der Waals surface area contributed by atoms with E-state index in [1.54, 1.807) is 0 Å². The summed E-state index contributed by atoms with van der Waals surface area (Å²) in [5.41, 5.74) is 3.07. The van der Waals surface area contributed by atoms with Crippen molar-refractivity contribution in [2.75, 3.05) is 19.7 Å². The summed E-state index contributed by atoms with van der Waals surface area (Å²) in [5, 5.41) is 0. The minimum atomic E-state index is -0.449. The highest BCUT2D eigenvalue weighted by Crippen LogP contribution is 2.49. The second-order valence-corrected chi connectivity index (χ2v) is 9.19. The van der Waals surface area contributed by atoms with Crippen LogP contribution in [0.5, 0.6) is 0 Å². The lowest BCUT2D eigenvalue weighted by molar-refractivity contribution is -0.139. The van der Waals surface area contributed by atoms with Crippen molar-refractivity contribution in [1.29, 1.82) is 0 Å². The Morgan fingerprint density at radius 2 is 2.03 bits per heavy atom. The summed E-state index contributed by atoms with van der Waals surface area (Å²) in [4.78, 5) is 19.9. The monoisotopic (exact) mass is 479 g/mol. The smallest absolute Gasteiger partial charge is 0.222 e. The molecule has 0 radical (unpaired) electrons. The molecule has 5 rings (SSSR count). The Hall–Kier alpha value is -2.44. The Labute approximate surface area is 191 Å². The minimum Gasteiger partial charge on any atom is -0.375 e. The lowest BCUT2D eigenvalue weighted by Gasteiger charge is -2.36. The molecule has 3 heterocycles. The molecule has 0 spiro atoms. The van der Waals surface area contributed by atoms with E-state index in [1.807, 2.05) is 17.3 Å². The Morgan fingerprint density at radius 1 is 1.23 bits per heavy atom. The maximum atomic E-state index is 13.2. The van der Waals surface area contributed by atoms with E-state index in [0.717, 1.165) is 22.3 Å². The van der Waals surface area contributed by atoms with E-state index in [-0.39, 0.29) is 12.0 Å². The average molecular weight is 480 g/mol. The van der Waals surface area contributed by atoms with Gasteiger partial charge in [-0.3, -0.25) is 4.79 Å². The zero-order chi connectivity index (χ0) is 21.4. The molecule has 160 valence electrons. The van der Waals surface area contributed by atoms with Crippen molar-refractivity contribution in [1.82, 2.24) is 14.5 Å². The number of hydrogen-bond donors (Lipinski definition) is 0. The number of benzene rings is 2. The van der Waals surface area contributed by atoms with Crippen molar-refractivity contribution < 1.29 is 9.53 Å². The highest BCUT2D eigenvalue weighted by atomic mass is 79.9. The number of rotatable bonds is 5. The van der Waals surface area contributed by atoms with Gasteiger partial charge < -0.3 is 14.2 Å². The van der Waals surface area contributed by atoms with Gasteiger partial charge in [0.2, 0.25) is 5.91 Å². The Balaban J connectivity index is 1.53. The first-order valence-corrected chi connectivity index (χ1v) is 11.7. The van der Waals surface area contributed by atoms with Gasteiger partial charge in [0.05, 0.1) is 18.2 Å². The number of carbonyl (C=O) groups is 1. The predicted molar refractivity (Wildman–Crippen MR) is 124 cm³/mol. The summed E-state index contributed by atoms with van der Waals surface area (Å²) >= 11 is 3.56. The molecule has 31 heavy (non-hydrogen) atoms. The van der Waals surface area contributed by atoms with Gasteiger partial charge in [-0.2, -0.15) is 0 Å². The molecule has 5 nitrogen and oxygen atoms in total. The maximum absolute atomic E-state index is 13.2. The third-order valence-corrected chi connectivity index (χ3v) is 7.16. The SMILES string of the molecule is CC[C@H]1CN(C(=O)CCC2(c3ccc(Br)cc3)c3ccccc3-c3nccn32)CCO1. The van der Waals surface area contributed by atoms with Crippen LogP contribution in [-0.2, 0) is 15.1 Å². The van der Waals surface area contributed by atoms with Gasteiger partial charge in [0.15, 0.2) is 0 Å². The predicted octanol–water partition coefficient (Wildman–Crippen LogP) is 4.84. The van der Waals surface area contributed by atoms with Gasteiger partial charge in [-0.05, 0) is 36.1 Å². The number of ether oxygens (including phenoxy) is 1. The van der Waals surface area contributed by atoms with Crippen LogP contribution in [0, 0.1) is 0 Å². The Morgan fingerprint density at radius 3 is 2.84 bits per heavy atom. The number of fused-ring (bicyclic) bond motifs is 3. The van der Waals surface area contributed by atoms with Crippen molar-refractivity contribution in [2.45, 2.75) is 37.8 Å². The van der Waals surface area contributed by atoms with E-state index >= 15 is 0 Å². The van der Waals surface area contributed by atoms with Crippen LogP contribution in [0.3, 0.4) is 0 Å². The zero-order valence-electron chi connectivity index (χ0n) is 17.6. The summed E-state index contributed by atoms with van der Waals surface area (Å²) in [6.45, 7) is 4.09. The standard InChI is InChI=1S/C25H26BrN3O2/c1-2-20-17-28(15-16-31-20)23(30)11-12-25(18-7-9-19(26)10-8-18)22-6-4-3-5-21(22)24-27-13-14-29(24)25/h3-10,13-14,20H,2,11-12,15-17H2,1H3/t20-,25?/m0/s1. The van der Waals surface area contributed by atoms with Crippen molar-refractivity contribution in [2.24, 2.45) is 0 Å². The number of morpholine rings is 1. The first-order valence-electron chi connectivity index (χ1n) is 10.9. The lowest BCUT2D eigenvalue weighted by Crippen LogP contribution is -2.46. The van der Waals surface area contributed by atoms with Crippen LogP contribution in [0.25, 0.3) is 11.4 Å². The second kappa shape index (κ2) is 8.24. The summed E-state index contributed by atoms with van der Waals surface area (Å²) in [6, 6.07) is 16.9. The van der Waals surface area contributed by atoms with Crippen molar-refractivity contribution in [3.63, 3.8) is 0 Å². The first kappa shape index (κ1) is 20.5. The number of hydrogen-bond acceptors (Lipinski definition) is 3. The summed E-state index contributed by atoms with van der Waals surface area (Å²) in [5.74, 6) is 1.16. The molecule has 3 aromatic rings. The van der Waals surface area contributed by atoms with E-state index in [1.165, 1.54) is 11.1 Å². The van der Waals surface area contributed by atoms with Crippen LogP contribution in [0.4, 0.5) is 0 Å². The summed E-state index contributed by atoms with van der Waals surface area (Å²) in [7, 11) is 0. The fraction of sp³-hybridized carbons (Fsp3) is 0.360. The molecule has 1 unspecified atom stereocenters. The lowest BCUT2D eigenvalue weighted by atomic mass is 9.79. The number of imidazole rings is 1. The van der Waals surface area contributed by atoms with Crippen LogP contribution in [0.2, 0.25) is 0 Å². The normalized spacial score (nSPS) is 22.3. The van der Waals surface area contributed by atoms with Gasteiger partial charge in [-0.15, -0.1) is 0 Å². The maximum Gasteiger partial charge on any atom is 0.222 e. The average Bonchev–Trinajstić information content (AvgIpc) is 3.39. The third-order valence-electron chi connectivity index (χ3n) is 6.63. The van der Waals surface area contributed by atoms with Crippen molar-refractivity contribution in [3.8, 4) is 11.4 Å². The molecular weight excluding hydrogens is 454 g/mol. The minimum absolute atomic E-state index is 0.144. The number of carbonyl (C=O) groups excluding carboxylic acids is 1. The van der Waals surface area contributed by atoms with Gasteiger partial charge in [0.25, 0.3) is 0 Å². The quantitative estimate of drug-likeness (QED) is 0.526. The van der Waals surface area contributed by atoms with Crippen LogP contribution < -0.4 is 0 Å². The molecule has 0 N–H and O–H groups in total. The van der Waals surface area contributed by atoms with E-state index in [2.05, 4.69) is 80.9 Å². The molecule has 0 bridgehead atoms. The van der Waals surface area contributed by atoms with Crippen LogP contribution in [0.15, 0.2) is 65.4 Å².